The molecule has 9 nitrogen and oxygen atoms in total. The summed E-state index contributed by atoms with van der Waals surface area (Å²) < 4.78 is 0. The number of rotatable bonds is 10. The first kappa shape index (κ1) is 16.8. The normalized spacial score (nSPS) is 12.1. The molecule has 0 heterocycles. The molecule has 1 atom stereocenters. The maximum atomic E-state index is 11.0. The molecule has 0 fully saturated rings. The Bertz CT molecular complexity index is 351. The van der Waals surface area contributed by atoms with E-state index >= 15 is 0 Å². The van der Waals surface area contributed by atoms with Crippen LogP contribution in [-0.4, -0.2) is 63.2 Å². The molecule has 19 heavy (non-hydrogen) atoms. The molecule has 108 valence electrons. The summed E-state index contributed by atoms with van der Waals surface area (Å²) in [5.41, 5.74) is 4.92. The van der Waals surface area contributed by atoms with Crippen LogP contribution in [0.1, 0.15) is 19.3 Å². The highest BCUT2D eigenvalue weighted by atomic mass is 16.4. The third-order valence-electron chi connectivity index (χ3n) is 2.35. The van der Waals surface area contributed by atoms with Crippen molar-refractivity contribution in [2.45, 2.75) is 25.3 Å². The number of hydrogen-bond acceptors (Lipinski definition) is 5. The molecular weight excluding hydrogens is 260 g/mol. The van der Waals surface area contributed by atoms with Gasteiger partial charge in [0.1, 0.15) is 6.04 Å². The third kappa shape index (κ3) is 7.71. The average Bonchev–Trinajstić information content (AvgIpc) is 2.25. The topological polar surface area (TPSA) is 158 Å². The molecule has 0 saturated carbocycles. The van der Waals surface area contributed by atoms with Gasteiger partial charge in [-0.3, -0.25) is 24.1 Å². The first-order valence-electron chi connectivity index (χ1n) is 5.42. The number of carboxylic acids is 3. The van der Waals surface area contributed by atoms with Gasteiger partial charge in [0.2, 0.25) is 5.91 Å². The zero-order valence-electron chi connectivity index (χ0n) is 10.1. The zero-order valence-corrected chi connectivity index (χ0v) is 10.1. The van der Waals surface area contributed by atoms with Gasteiger partial charge in [0.25, 0.3) is 0 Å². The van der Waals surface area contributed by atoms with Gasteiger partial charge in [0, 0.05) is 13.1 Å². The van der Waals surface area contributed by atoms with E-state index in [0.29, 0.717) is 0 Å². The summed E-state index contributed by atoms with van der Waals surface area (Å²) in [6.45, 7) is -0.348. The quantitative estimate of drug-likeness (QED) is 0.378. The molecule has 0 saturated heterocycles. The van der Waals surface area contributed by atoms with Gasteiger partial charge in [-0.05, 0) is 0 Å². The summed E-state index contributed by atoms with van der Waals surface area (Å²) in [5.74, 6) is -4.51. The number of carboxylic acid groups (broad SMARTS) is 3. The Hall–Kier alpha value is -2.16. The second-order valence-electron chi connectivity index (χ2n) is 3.85. The molecule has 0 spiro atoms. The molecule has 0 aliphatic carbocycles. The number of carbonyl (C=O) groups is 4. The van der Waals surface area contributed by atoms with Crippen molar-refractivity contribution in [2.75, 3.05) is 13.1 Å². The van der Waals surface area contributed by atoms with Crippen molar-refractivity contribution < 1.29 is 34.5 Å². The van der Waals surface area contributed by atoms with Crippen LogP contribution in [0.4, 0.5) is 0 Å². The molecule has 1 amide bonds. The summed E-state index contributed by atoms with van der Waals surface area (Å²) in [7, 11) is 0. The maximum absolute atomic E-state index is 11.0. The van der Waals surface area contributed by atoms with Crippen LogP contribution in [0, 0.1) is 0 Å². The highest BCUT2D eigenvalue weighted by Gasteiger charge is 2.27. The maximum Gasteiger partial charge on any atom is 0.321 e. The second-order valence-corrected chi connectivity index (χ2v) is 3.85. The fourth-order valence-corrected chi connectivity index (χ4v) is 1.47. The number of nitrogens with two attached hydrogens (primary N) is 1. The molecule has 0 aromatic rings. The Balaban J connectivity index is 4.80. The van der Waals surface area contributed by atoms with Crippen LogP contribution >= 0.6 is 0 Å². The van der Waals surface area contributed by atoms with E-state index in [4.69, 9.17) is 21.1 Å². The van der Waals surface area contributed by atoms with E-state index in [0.717, 1.165) is 4.90 Å². The van der Waals surface area contributed by atoms with Crippen LogP contribution in [0.15, 0.2) is 0 Å². The first-order chi connectivity index (χ1) is 8.73. The lowest BCUT2D eigenvalue weighted by Crippen LogP contribution is -2.45. The van der Waals surface area contributed by atoms with Crippen LogP contribution in [0.5, 0.6) is 0 Å². The monoisotopic (exact) mass is 276 g/mol. The van der Waals surface area contributed by atoms with Gasteiger partial charge >= 0.3 is 17.9 Å². The van der Waals surface area contributed by atoms with Crippen molar-refractivity contribution in [1.82, 2.24) is 4.90 Å². The number of hydrogen-bond donors (Lipinski definition) is 4. The minimum absolute atomic E-state index is 0.174. The smallest absolute Gasteiger partial charge is 0.321 e. The van der Waals surface area contributed by atoms with E-state index in [-0.39, 0.29) is 25.9 Å². The van der Waals surface area contributed by atoms with Crippen LogP contribution in [-0.2, 0) is 19.2 Å². The Morgan fingerprint density at radius 3 is 1.63 bits per heavy atom. The largest absolute Gasteiger partial charge is 0.481 e. The fraction of sp³-hybridized carbons (Fsp3) is 0.600. The molecule has 0 aliphatic rings. The predicted molar refractivity (Wildman–Crippen MR) is 61.3 cm³/mol. The first-order valence-corrected chi connectivity index (χ1v) is 5.42. The summed E-state index contributed by atoms with van der Waals surface area (Å²) in [6, 6.07) is -1.32. The molecule has 0 rings (SSSR count). The molecule has 0 aromatic carbocycles. The number of nitrogens with zero attached hydrogens (tertiary/aromatic N) is 1. The number of amides is 1. The van der Waals surface area contributed by atoms with Crippen molar-refractivity contribution in [3.05, 3.63) is 0 Å². The SMILES string of the molecule is NC(=O)C[C@@H](C(=O)O)N(CCC(=O)O)CCC(=O)O. The number of carbonyl (C=O) groups excluding carboxylic acids is 1. The van der Waals surface area contributed by atoms with Gasteiger partial charge in [-0.15, -0.1) is 0 Å². The van der Waals surface area contributed by atoms with Crippen molar-refractivity contribution in [3.8, 4) is 0 Å². The Labute approximate surface area is 108 Å². The van der Waals surface area contributed by atoms with Gasteiger partial charge in [-0.25, -0.2) is 0 Å². The lowest BCUT2D eigenvalue weighted by molar-refractivity contribution is -0.147. The summed E-state index contributed by atoms with van der Waals surface area (Å²) in [5, 5.41) is 26.1. The molecule has 5 N–H and O–H groups in total. The van der Waals surface area contributed by atoms with Crippen LogP contribution in [0.3, 0.4) is 0 Å². The standard InChI is InChI=1S/C10H16N2O7/c11-7(13)5-6(10(18)19)12(3-1-8(14)15)4-2-9(16)17/h6H,1-5H2,(H2,11,13)(H,14,15)(H,16,17)(H,18,19)/t6-/m0/s1. The van der Waals surface area contributed by atoms with Crippen LogP contribution in [0.25, 0.3) is 0 Å². The Morgan fingerprint density at radius 1 is 0.947 bits per heavy atom. The van der Waals surface area contributed by atoms with E-state index in [1.807, 2.05) is 0 Å². The van der Waals surface area contributed by atoms with Gasteiger partial charge < -0.3 is 21.1 Å². The molecule has 0 aliphatic heterocycles. The highest BCUT2D eigenvalue weighted by molar-refractivity contribution is 5.83. The summed E-state index contributed by atoms with van der Waals surface area (Å²) >= 11 is 0. The number of primary amides is 1. The fourth-order valence-electron chi connectivity index (χ4n) is 1.47. The number of aliphatic carboxylic acids is 3. The molecule has 0 bridgehead atoms. The molecule has 0 radical (unpaired) electrons. The van der Waals surface area contributed by atoms with E-state index in [1.165, 1.54) is 0 Å². The second kappa shape index (κ2) is 8.03. The molecule has 0 unspecified atom stereocenters. The van der Waals surface area contributed by atoms with Crippen molar-refractivity contribution >= 4 is 23.8 Å². The lowest BCUT2D eigenvalue weighted by Gasteiger charge is -2.26. The van der Waals surface area contributed by atoms with Gasteiger partial charge in [-0.2, -0.15) is 0 Å². The van der Waals surface area contributed by atoms with Crippen molar-refractivity contribution in [2.24, 2.45) is 5.73 Å². The summed E-state index contributed by atoms with van der Waals surface area (Å²) in [4.78, 5) is 43.9. The average molecular weight is 276 g/mol. The lowest BCUT2D eigenvalue weighted by atomic mass is 10.1. The molecule has 0 aromatic heterocycles. The van der Waals surface area contributed by atoms with Gasteiger partial charge in [0.05, 0.1) is 19.3 Å². The molecular formula is C10H16N2O7. The van der Waals surface area contributed by atoms with E-state index < -0.39 is 36.3 Å². The van der Waals surface area contributed by atoms with Crippen molar-refractivity contribution in [3.63, 3.8) is 0 Å². The van der Waals surface area contributed by atoms with Crippen molar-refractivity contribution in [1.29, 1.82) is 0 Å². The van der Waals surface area contributed by atoms with Gasteiger partial charge in [-0.1, -0.05) is 0 Å². The van der Waals surface area contributed by atoms with Gasteiger partial charge in [0.15, 0.2) is 0 Å². The highest BCUT2D eigenvalue weighted by Crippen LogP contribution is 2.07. The Morgan fingerprint density at radius 2 is 1.37 bits per heavy atom. The van der Waals surface area contributed by atoms with E-state index in [9.17, 15) is 19.2 Å². The van der Waals surface area contributed by atoms with E-state index in [2.05, 4.69) is 0 Å². The third-order valence-corrected chi connectivity index (χ3v) is 2.35. The summed E-state index contributed by atoms with van der Waals surface area (Å²) in [6.07, 6.45) is -1.22. The van der Waals surface area contributed by atoms with Crippen LogP contribution in [0.2, 0.25) is 0 Å². The Kier molecular flexibility index (Phi) is 7.12. The van der Waals surface area contributed by atoms with Crippen LogP contribution < -0.4 is 5.73 Å². The minimum Gasteiger partial charge on any atom is -0.481 e. The predicted octanol–water partition coefficient (Wildman–Crippen LogP) is -1.43. The van der Waals surface area contributed by atoms with E-state index in [1.54, 1.807) is 0 Å². The molecule has 9 heteroatoms. The zero-order chi connectivity index (χ0) is 15.0. The minimum atomic E-state index is -1.35.